The topological polar surface area (TPSA) is 92.3 Å². The lowest BCUT2D eigenvalue weighted by Crippen LogP contribution is -2.46. The fourth-order valence-corrected chi connectivity index (χ4v) is 4.76. The smallest absolute Gasteiger partial charge is 0.463 e. The molecule has 0 aromatic carbocycles. The summed E-state index contributed by atoms with van der Waals surface area (Å²) in [5, 5.41) is 2.70. The van der Waals surface area contributed by atoms with Crippen LogP contribution in [0.5, 0.6) is 0 Å². The van der Waals surface area contributed by atoms with E-state index in [9.17, 15) is 9.59 Å². The van der Waals surface area contributed by atoms with E-state index in [1.165, 1.54) is 0 Å². The Morgan fingerprint density at radius 1 is 0.923 bits per heavy atom. The van der Waals surface area contributed by atoms with E-state index in [1.54, 1.807) is 0 Å². The zero-order valence-electron chi connectivity index (χ0n) is 16.2. The Bertz CT molecular complexity index is 390. The molecule has 1 N–H and O–H groups in total. The lowest BCUT2D eigenvalue weighted by molar-refractivity contribution is -0.137. The minimum absolute atomic E-state index is 0.271. The molecular formula is C17H33NO7Si. The molecule has 0 fully saturated rings. The van der Waals surface area contributed by atoms with Gasteiger partial charge in [-0.2, -0.15) is 0 Å². The van der Waals surface area contributed by atoms with Crippen LogP contribution >= 0.6 is 0 Å². The zero-order valence-corrected chi connectivity index (χ0v) is 17.2. The molecule has 0 bridgehead atoms. The third-order valence-corrected chi connectivity index (χ3v) is 6.36. The second-order valence-corrected chi connectivity index (χ2v) is 7.96. The summed E-state index contributed by atoms with van der Waals surface area (Å²) in [5.74, 6) is -0.450. The van der Waals surface area contributed by atoms with Crippen LogP contribution in [-0.2, 0) is 27.5 Å². The van der Waals surface area contributed by atoms with E-state index in [1.807, 2.05) is 20.8 Å². The summed E-state index contributed by atoms with van der Waals surface area (Å²) in [7, 11) is -2.66. The first-order valence-corrected chi connectivity index (χ1v) is 11.1. The largest absolute Gasteiger partial charge is 0.500 e. The van der Waals surface area contributed by atoms with Crippen molar-refractivity contribution < 1.29 is 32.3 Å². The van der Waals surface area contributed by atoms with E-state index in [2.05, 4.69) is 11.9 Å². The highest BCUT2D eigenvalue weighted by molar-refractivity contribution is 6.60. The van der Waals surface area contributed by atoms with E-state index < -0.39 is 20.9 Å². The summed E-state index contributed by atoms with van der Waals surface area (Å²) < 4.78 is 27.1. The lowest BCUT2D eigenvalue weighted by Gasteiger charge is -2.28. The highest BCUT2D eigenvalue weighted by atomic mass is 28.4. The van der Waals surface area contributed by atoms with Gasteiger partial charge in [0, 0.05) is 38.5 Å². The van der Waals surface area contributed by atoms with Crippen LogP contribution in [0, 0.1) is 0 Å². The fraction of sp³-hybridized carbons (Fsp3) is 0.765. The van der Waals surface area contributed by atoms with Crippen molar-refractivity contribution in [2.24, 2.45) is 0 Å². The highest BCUT2D eigenvalue weighted by Crippen LogP contribution is 2.17. The molecule has 26 heavy (non-hydrogen) atoms. The number of rotatable bonds is 16. The molecule has 1 amide bonds. The van der Waals surface area contributed by atoms with Crippen LogP contribution in [-0.4, -0.2) is 60.4 Å². The summed E-state index contributed by atoms with van der Waals surface area (Å²) >= 11 is 0. The Morgan fingerprint density at radius 3 is 1.96 bits per heavy atom. The number of ether oxygens (including phenoxy) is 2. The maximum Gasteiger partial charge on any atom is 0.500 e. The first-order chi connectivity index (χ1) is 12.5. The molecule has 152 valence electrons. The molecule has 0 aliphatic heterocycles. The molecule has 0 heterocycles. The molecule has 0 aromatic heterocycles. The molecule has 0 spiro atoms. The van der Waals surface area contributed by atoms with Crippen molar-refractivity contribution >= 4 is 20.9 Å². The average Bonchev–Trinajstić information content (AvgIpc) is 2.62. The molecule has 0 unspecified atom stereocenters. The quantitative estimate of drug-likeness (QED) is 0.187. The molecular weight excluding hydrogens is 358 g/mol. The van der Waals surface area contributed by atoms with Gasteiger partial charge in [-0.1, -0.05) is 6.58 Å². The van der Waals surface area contributed by atoms with E-state index in [-0.39, 0.29) is 13.2 Å². The van der Waals surface area contributed by atoms with Gasteiger partial charge in [0.25, 0.3) is 0 Å². The molecule has 0 aromatic rings. The Morgan fingerprint density at radius 2 is 1.46 bits per heavy atom. The number of unbranched alkanes of at least 4 members (excludes halogenated alkanes) is 1. The highest BCUT2D eigenvalue weighted by Gasteiger charge is 2.39. The van der Waals surface area contributed by atoms with Crippen molar-refractivity contribution in [1.29, 1.82) is 0 Å². The minimum Gasteiger partial charge on any atom is -0.463 e. The summed E-state index contributed by atoms with van der Waals surface area (Å²) in [5.41, 5.74) is 0. The van der Waals surface area contributed by atoms with Crippen molar-refractivity contribution in [3.05, 3.63) is 12.7 Å². The monoisotopic (exact) mass is 391 g/mol. The summed E-state index contributed by atoms with van der Waals surface area (Å²) in [4.78, 5) is 22.5. The van der Waals surface area contributed by atoms with Crippen molar-refractivity contribution in [3.8, 4) is 0 Å². The molecule has 0 atom stereocenters. The maximum atomic E-state index is 11.6. The van der Waals surface area contributed by atoms with Crippen LogP contribution < -0.4 is 5.32 Å². The van der Waals surface area contributed by atoms with E-state index >= 15 is 0 Å². The molecule has 9 heteroatoms. The van der Waals surface area contributed by atoms with Crippen LogP contribution in [0.1, 0.15) is 40.0 Å². The van der Waals surface area contributed by atoms with Crippen LogP contribution in [0.25, 0.3) is 0 Å². The number of nitrogens with one attached hydrogen (secondary N) is 1. The second kappa shape index (κ2) is 15.8. The van der Waals surface area contributed by atoms with Gasteiger partial charge in [0.15, 0.2) is 0 Å². The van der Waals surface area contributed by atoms with E-state index in [0.717, 1.165) is 6.08 Å². The Balaban J connectivity index is 3.87. The predicted octanol–water partition coefficient (Wildman–Crippen LogP) is 2.66. The maximum absolute atomic E-state index is 11.6. The number of carbonyl (C=O) groups excluding carboxylic acids is 2. The van der Waals surface area contributed by atoms with Gasteiger partial charge >= 0.3 is 20.9 Å². The number of esters is 1. The van der Waals surface area contributed by atoms with Gasteiger partial charge in [0.05, 0.1) is 13.2 Å². The molecule has 0 aliphatic carbocycles. The molecule has 0 rings (SSSR count). The van der Waals surface area contributed by atoms with Gasteiger partial charge in [-0.3, -0.25) is 0 Å². The first kappa shape index (κ1) is 24.6. The lowest BCUT2D eigenvalue weighted by atomic mass is 10.3. The summed E-state index contributed by atoms with van der Waals surface area (Å²) in [6.07, 6.45) is 2.57. The fourth-order valence-electron chi connectivity index (χ4n) is 2.15. The number of amides is 1. The zero-order chi connectivity index (χ0) is 19.7. The van der Waals surface area contributed by atoms with Crippen LogP contribution in [0.4, 0.5) is 4.79 Å². The number of hydrogen-bond donors (Lipinski definition) is 1. The minimum atomic E-state index is -2.66. The molecule has 8 nitrogen and oxygen atoms in total. The Hall–Kier alpha value is -1.42. The number of alkyl carbamates (subject to hydrolysis) is 1. The van der Waals surface area contributed by atoms with Crippen molar-refractivity contribution in [3.63, 3.8) is 0 Å². The van der Waals surface area contributed by atoms with Gasteiger partial charge in [0.1, 0.15) is 0 Å². The molecule has 0 saturated heterocycles. The van der Waals surface area contributed by atoms with Gasteiger partial charge in [0.2, 0.25) is 0 Å². The molecule has 0 radical (unpaired) electrons. The van der Waals surface area contributed by atoms with Gasteiger partial charge < -0.3 is 28.1 Å². The van der Waals surface area contributed by atoms with Crippen molar-refractivity contribution in [2.75, 3.05) is 39.6 Å². The second-order valence-electron chi connectivity index (χ2n) is 5.23. The third kappa shape index (κ3) is 12.0. The van der Waals surface area contributed by atoms with Crippen LogP contribution in [0.15, 0.2) is 12.7 Å². The van der Waals surface area contributed by atoms with Crippen molar-refractivity contribution in [1.82, 2.24) is 5.32 Å². The van der Waals surface area contributed by atoms with E-state index in [4.69, 9.17) is 22.8 Å². The summed E-state index contributed by atoms with van der Waals surface area (Å²) in [6, 6.07) is 0.636. The average molecular weight is 392 g/mol. The van der Waals surface area contributed by atoms with Crippen LogP contribution in [0.3, 0.4) is 0 Å². The van der Waals surface area contributed by atoms with Crippen molar-refractivity contribution in [2.45, 2.75) is 46.1 Å². The number of hydrogen-bond acceptors (Lipinski definition) is 7. The Kier molecular flexibility index (Phi) is 14.9. The molecule has 0 saturated carbocycles. The predicted molar refractivity (Wildman–Crippen MR) is 99.8 cm³/mol. The third-order valence-electron chi connectivity index (χ3n) is 3.20. The van der Waals surface area contributed by atoms with Crippen LogP contribution in [0.2, 0.25) is 6.04 Å². The first-order valence-electron chi connectivity index (χ1n) is 9.15. The molecule has 0 aliphatic rings. The Labute approximate surface area is 157 Å². The van der Waals surface area contributed by atoms with Gasteiger partial charge in [-0.05, 0) is 40.0 Å². The van der Waals surface area contributed by atoms with E-state index in [0.29, 0.717) is 51.7 Å². The SMILES string of the molecule is C=CC(=O)OCCCCOC(=O)NCCC[Si](OCC)(OCC)OCC. The van der Waals surface area contributed by atoms with Gasteiger partial charge in [-0.25, -0.2) is 9.59 Å². The standard InChI is InChI=1S/C17H33NO7Si/c1-5-16(19)21-13-9-10-14-22-17(20)18-12-11-15-26(23-6-2,24-7-3)25-8-4/h5H,1,6-15H2,2-4H3,(H,18,20). The normalized spacial score (nSPS) is 11.0. The number of carbonyl (C=O) groups is 2. The summed E-state index contributed by atoms with van der Waals surface area (Å²) in [6.45, 7) is 11.6. The van der Waals surface area contributed by atoms with Gasteiger partial charge in [-0.15, -0.1) is 0 Å².